The SMILES string of the molecule is O=C1CN(c2ccc(NC(=O)Cc3cccc(Cl)c3)cn2)CCN1. The van der Waals surface area contributed by atoms with Gasteiger partial charge in [-0.2, -0.15) is 0 Å². The van der Waals surface area contributed by atoms with E-state index in [1.54, 1.807) is 30.5 Å². The van der Waals surface area contributed by atoms with Crippen LogP contribution in [-0.2, 0) is 16.0 Å². The molecule has 1 aromatic heterocycles. The van der Waals surface area contributed by atoms with E-state index in [4.69, 9.17) is 11.6 Å². The molecule has 1 fully saturated rings. The molecule has 0 spiro atoms. The van der Waals surface area contributed by atoms with Gasteiger partial charge in [0, 0.05) is 18.1 Å². The van der Waals surface area contributed by atoms with Gasteiger partial charge in [-0.15, -0.1) is 0 Å². The maximum absolute atomic E-state index is 12.1. The van der Waals surface area contributed by atoms with E-state index >= 15 is 0 Å². The van der Waals surface area contributed by atoms with Crippen LogP contribution in [0.25, 0.3) is 0 Å². The fourth-order valence-corrected chi connectivity index (χ4v) is 2.73. The van der Waals surface area contributed by atoms with E-state index in [1.807, 2.05) is 17.0 Å². The van der Waals surface area contributed by atoms with Gasteiger partial charge in [0.2, 0.25) is 11.8 Å². The highest BCUT2D eigenvalue weighted by Crippen LogP contribution is 2.16. The lowest BCUT2D eigenvalue weighted by molar-refractivity contribution is -0.120. The van der Waals surface area contributed by atoms with Gasteiger partial charge in [-0.25, -0.2) is 4.98 Å². The number of nitrogens with one attached hydrogen (secondary N) is 2. The molecule has 3 rings (SSSR count). The number of nitrogens with zero attached hydrogens (tertiary/aromatic N) is 2. The molecular weight excluding hydrogens is 328 g/mol. The molecule has 2 aromatic rings. The summed E-state index contributed by atoms with van der Waals surface area (Å²) in [5.74, 6) is 0.573. The number of hydrogen-bond acceptors (Lipinski definition) is 4. The number of anilines is 2. The molecule has 2 amide bonds. The standard InChI is InChI=1S/C17H17ClN4O2/c18-13-3-1-2-12(8-13)9-16(23)21-14-4-5-15(20-10-14)22-7-6-19-17(24)11-22/h1-5,8,10H,6-7,9,11H2,(H,19,24)(H,21,23). The molecule has 24 heavy (non-hydrogen) atoms. The molecule has 1 aliphatic heterocycles. The van der Waals surface area contributed by atoms with Crippen molar-refractivity contribution in [2.75, 3.05) is 29.9 Å². The zero-order valence-electron chi connectivity index (χ0n) is 13.0. The Morgan fingerprint density at radius 1 is 1.33 bits per heavy atom. The Bertz CT molecular complexity index is 749. The minimum absolute atomic E-state index is 0.0121. The van der Waals surface area contributed by atoms with Gasteiger partial charge in [-0.1, -0.05) is 23.7 Å². The van der Waals surface area contributed by atoms with Crippen molar-refractivity contribution in [2.24, 2.45) is 0 Å². The van der Waals surface area contributed by atoms with Crippen LogP contribution in [-0.4, -0.2) is 36.4 Å². The lowest BCUT2D eigenvalue weighted by atomic mass is 10.1. The van der Waals surface area contributed by atoms with E-state index in [9.17, 15) is 9.59 Å². The molecule has 2 N–H and O–H groups in total. The first-order valence-corrected chi connectivity index (χ1v) is 8.00. The third-order valence-electron chi connectivity index (χ3n) is 3.65. The molecule has 7 heteroatoms. The minimum Gasteiger partial charge on any atom is -0.353 e. The minimum atomic E-state index is -0.135. The molecule has 0 radical (unpaired) electrons. The predicted octanol–water partition coefficient (Wildman–Crippen LogP) is 1.85. The van der Waals surface area contributed by atoms with Gasteiger partial charge in [-0.3, -0.25) is 9.59 Å². The normalized spacial score (nSPS) is 14.2. The molecule has 1 aromatic carbocycles. The molecule has 0 atom stereocenters. The fourth-order valence-electron chi connectivity index (χ4n) is 2.52. The first-order valence-electron chi connectivity index (χ1n) is 7.62. The zero-order chi connectivity index (χ0) is 16.9. The van der Waals surface area contributed by atoms with Gasteiger partial charge >= 0.3 is 0 Å². The van der Waals surface area contributed by atoms with E-state index in [0.29, 0.717) is 23.8 Å². The molecule has 1 saturated heterocycles. The first kappa shape index (κ1) is 16.3. The van der Waals surface area contributed by atoms with Crippen LogP contribution in [0.1, 0.15) is 5.56 Å². The molecule has 0 saturated carbocycles. The number of pyridine rings is 1. The van der Waals surface area contributed by atoms with Gasteiger partial charge in [0.05, 0.1) is 24.8 Å². The molecule has 0 aliphatic carbocycles. The summed E-state index contributed by atoms with van der Waals surface area (Å²) in [6, 6.07) is 10.8. The summed E-state index contributed by atoms with van der Waals surface area (Å²) in [4.78, 5) is 29.7. The Morgan fingerprint density at radius 2 is 2.21 bits per heavy atom. The number of rotatable bonds is 4. The second-order valence-electron chi connectivity index (χ2n) is 5.53. The van der Waals surface area contributed by atoms with Crippen molar-refractivity contribution in [3.05, 3.63) is 53.2 Å². The summed E-state index contributed by atoms with van der Waals surface area (Å²) >= 11 is 5.92. The first-order chi connectivity index (χ1) is 11.6. The Labute approximate surface area is 144 Å². The topological polar surface area (TPSA) is 74.3 Å². The summed E-state index contributed by atoms with van der Waals surface area (Å²) in [7, 11) is 0. The second-order valence-corrected chi connectivity index (χ2v) is 5.97. The number of carbonyl (C=O) groups is 2. The third kappa shape index (κ3) is 4.23. The lowest BCUT2D eigenvalue weighted by Gasteiger charge is -2.27. The Hall–Kier alpha value is -2.60. The van der Waals surface area contributed by atoms with E-state index in [-0.39, 0.29) is 18.2 Å². The zero-order valence-corrected chi connectivity index (χ0v) is 13.7. The van der Waals surface area contributed by atoms with E-state index in [2.05, 4.69) is 15.6 Å². The van der Waals surface area contributed by atoms with Gasteiger partial charge in [0.1, 0.15) is 5.82 Å². The largest absolute Gasteiger partial charge is 0.353 e. The highest BCUT2D eigenvalue weighted by Gasteiger charge is 2.17. The quantitative estimate of drug-likeness (QED) is 0.887. The van der Waals surface area contributed by atoms with Crippen molar-refractivity contribution in [3.8, 4) is 0 Å². The van der Waals surface area contributed by atoms with Crippen molar-refractivity contribution >= 4 is 34.9 Å². The molecule has 0 unspecified atom stereocenters. The predicted molar refractivity (Wildman–Crippen MR) is 93.2 cm³/mol. The average Bonchev–Trinajstić information content (AvgIpc) is 2.55. The third-order valence-corrected chi connectivity index (χ3v) is 3.88. The summed E-state index contributed by atoms with van der Waals surface area (Å²) in [6.07, 6.45) is 1.84. The fraction of sp³-hybridized carbons (Fsp3) is 0.235. The summed E-state index contributed by atoms with van der Waals surface area (Å²) in [6.45, 7) is 1.63. The molecule has 2 heterocycles. The van der Waals surface area contributed by atoms with E-state index in [0.717, 1.165) is 17.9 Å². The van der Waals surface area contributed by atoms with Crippen LogP contribution in [0, 0.1) is 0 Å². The Balaban J connectivity index is 1.59. The van der Waals surface area contributed by atoms with Crippen LogP contribution in [0.15, 0.2) is 42.6 Å². The van der Waals surface area contributed by atoms with Crippen molar-refractivity contribution in [3.63, 3.8) is 0 Å². The van der Waals surface area contributed by atoms with E-state index in [1.165, 1.54) is 0 Å². The van der Waals surface area contributed by atoms with E-state index < -0.39 is 0 Å². The number of amides is 2. The number of hydrogen-bond donors (Lipinski definition) is 2. The van der Waals surface area contributed by atoms with Gasteiger partial charge in [0.15, 0.2) is 0 Å². The molecule has 124 valence electrons. The number of halogens is 1. The summed E-state index contributed by atoms with van der Waals surface area (Å²) in [5.41, 5.74) is 1.47. The molecular formula is C17H17ClN4O2. The number of benzene rings is 1. The Morgan fingerprint density at radius 3 is 2.92 bits per heavy atom. The van der Waals surface area contributed by atoms with Crippen molar-refractivity contribution in [2.45, 2.75) is 6.42 Å². The highest BCUT2D eigenvalue weighted by molar-refractivity contribution is 6.30. The van der Waals surface area contributed by atoms with Crippen LogP contribution in [0.2, 0.25) is 5.02 Å². The average molecular weight is 345 g/mol. The smallest absolute Gasteiger partial charge is 0.239 e. The van der Waals surface area contributed by atoms with Crippen LogP contribution >= 0.6 is 11.6 Å². The van der Waals surface area contributed by atoms with Crippen molar-refractivity contribution in [1.82, 2.24) is 10.3 Å². The van der Waals surface area contributed by atoms with Gasteiger partial charge < -0.3 is 15.5 Å². The maximum atomic E-state index is 12.1. The van der Waals surface area contributed by atoms with Gasteiger partial charge in [0.25, 0.3) is 0 Å². The van der Waals surface area contributed by atoms with Gasteiger partial charge in [-0.05, 0) is 29.8 Å². The number of piperazine rings is 1. The number of carbonyl (C=O) groups excluding carboxylic acids is 2. The monoisotopic (exact) mass is 344 g/mol. The summed E-state index contributed by atoms with van der Waals surface area (Å²) in [5, 5.41) is 6.19. The molecule has 0 bridgehead atoms. The lowest BCUT2D eigenvalue weighted by Crippen LogP contribution is -2.48. The van der Waals surface area contributed by atoms with Crippen molar-refractivity contribution in [1.29, 1.82) is 0 Å². The van der Waals surface area contributed by atoms with Crippen molar-refractivity contribution < 1.29 is 9.59 Å². The highest BCUT2D eigenvalue weighted by atomic mass is 35.5. The van der Waals surface area contributed by atoms with Crippen LogP contribution in [0.3, 0.4) is 0 Å². The maximum Gasteiger partial charge on any atom is 0.239 e. The second kappa shape index (κ2) is 7.31. The van der Waals surface area contributed by atoms with Crippen LogP contribution < -0.4 is 15.5 Å². The summed E-state index contributed by atoms with van der Waals surface area (Å²) < 4.78 is 0. The number of aromatic nitrogens is 1. The molecule has 1 aliphatic rings. The van der Waals surface area contributed by atoms with Crippen LogP contribution in [0.5, 0.6) is 0 Å². The Kier molecular flexibility index (Phi) is 4.96. The molecule has 6 nitrogen and oxygen atoms in total. The van der Waals surface area contributed by atoms with Crippen LogP contribution in [0.4, 0.5) is 11.5 Å².